The molecule has 0 saturated carbocycles. The molecule has 3 nitrogen and oxygen atoms in total. The maximum Gasteiger partial charge on any atom is 0.0533 e. The number of hydrogen-bond donors (Lipinski definition) is 2. The Morgan fingerprint density at radius 3 is 2.43 bits per heavy atom. The molecule has 0 bridgehead atoms. The molecule has 7 heavy (non-hydrogen) atoms. The first kappa shape index (κ1) is 6.01. The Balaban J connectivity index is 3.72. The minimum absolute atomic E-state index is 0.690. The summed E-state index contributed by atoms with van der Waals surface area (Å²) in [4.78, 5) is 0. The Kier molecular flexibility index (Phi) is 2.76. The van der Waals surface area contributed by atoms with Crippen molar-refractivity contribution in [3.63, 3.8) is 0 Å². The molecule has 0 aliphatic rings. The van der Waals surface area contributed by atoms with Crippen LogP contribution in [0.3, 0.4) is 0 Å². The molecule has 0 aliphatic heterocycles. The molecule has 0 aromatic carbocycles. The first-order valence-electron chi connectivity index (χ1n) is 1.85. The normalized spacial score (nSPS) is 10.7. The summed E-state index contributed by atoms with van der Waals surface area (Å²) in [5, 5.41) is 9.52. The van der Waals surface area contributed by atoms with E-state index in [2.05, 4.69) is 5.11 Å². The first-order chi connectivity index (χ1) is 3.31. The van der Waals surface area contributed by atoms with Crippen molar-refractivity contribution < 1.29 is 0 Å². The standard InChI is InChI=1S/C4H7N3/c1-4(2-5)3-7-6/h2-3,5-6H,1H3/b4-3-,5-2?,7-6?. The number of hydrogen-bond acceptors (Lipinski definition) is 3. The average molecular weight is 97.1 g/mol. The minimum Gasteiger partial charge on any atom is -0.308 e. The van der Waals surface area contributed by atoms with Crippen LogP contribution < -0.4 is 0 Å². The van der Waals surface area contributed by atoms with E-state index in [0.29, 0.717) is 5.57 Å². The van der Waals surface area contributed by atoms with Crippen molar-refractivity contribution in [3.05, 3.63) is 11.8 Å². The topological polar surface area (TPSA) is 60.1 Å². The highest BCUT2D eigenvalue weighted by atomic mass is 14.9. The summed E-state index contributed by atoms with van der Waals surface area (Å²) in [5.41, 5.74) is 6.97. The van der Waals surface area contributed by atoms with Gasteiger partial charge in [0.1, 0.15) is 0 Å². The molecule has 3 heteroatoms. The SMILES string of the molecule is C/C(C=N)=C/N=N. The molecule has 0 spiro atoms. The third kappa shape index (κ3) is 2.82. The largest absolute Gasteiger partial charge is 0.308 e. The number of rotatable bonds is 2. The highest BCUT2D eigenvalue weighted by molar-refractivity contribution is 5.74. The van der Waals surface area contributed by atoms with E-state index in [4.69, 9.17) is 10.9 Å². The Morgan fingerprint density at radius 1 is 1.71 bits per heavy atom. The van der Waals surface area contributed by atoms with Crippen LogP contribution in [0.4, 0.5) is 0 Å². The van der Waals surface area contributed by atoms with Crippen LogP contribution in [-0.2, 0) is 0 Å². The maximum atomic E-state index is 6.58. The van der Waals surface area contributed by atoms with Gasteiger partial charge in [-0.1, -0.05) is 0 Å². The molecule has 0 unspecified atom stereocenters. The molecule has 38 valence electrons. The quantitative estimate of drug-likeness (QED) is 0.388. The fourth-order valence-corrected chi connectivity index (χ4v) is 0.139. The van der Waals surface area contributed by atoms with Gasteiger partial charge in [-0.05, 0) is 12.5 Å². The molecule has 0 fully saturated rings. The molecule has 0 aliphatic carbocycles. The van der Waals surface area contributed by atoms with Crippen molar-refractivity contribution in [3.8, 4) is 0 Å². The van der Waals surface area contributed by atoms with E-state index in [1.54, 1.807) is 6.92 Å². The Bertz CT molecular complexity index is 104. The van der Waals surface area contributed by atoms with Crippen molar-refractivity contribution >= 4 is 6.21 Å². The third-order valence-corrected chi connectivity index (χ3v) is 0.496. The predicted octanol–water partition coefficient (Wildman–Crippen LogP) is 1.57. The van der Waals surface area contributed by atoms with Gasteiger partial charge in [-0.3, -0.25) is 0 Å². The number of nitrogens with zero attached hydrogens (tertiary/aromatic N) is 1. The molecule has 0 aromatic heterocycles. The van der Waals surface area contributed by atoms with Gasteiger partial charge >= 0.3 is 0 Å². The van der Waals surface area contributed by atoms with Crippen molar-refractivity contribution in [1.29, 1.82) is 10.9 Å². The number of nitrogens with one attached hydrogen (secondary N) is 2. The van der Waals surface area contributed by atoms with E-state index in [9.17, 15) is 0 Å². The summed E-state index contributed by atoms with van der Waals surface area (Å²) in [6, 6.07) is 0. The lowest BCUT2D eigenvalue weighted by Gasteiger charge is -1.76. The average Bonchev–Trinajstić information content (AvgIpc) is 1.68. The summed E-state index contributed by atoms with van der Waals surface area (Å²) in [6.07, 6.45) is 2.46. The van der Waals surface area contributed by atoms with Crippen LogP contribution in [0, 0.1) is 10.9 Å². The third-order valence-electron chi connectivity index (χ3n) is 0.496. The molecule has 0 radical (unpaired) electrons. The fourth-order valence-electron chi connectivity index (χ4n) is 0.139. The van der Waals surface area contributed by atoms with Gasteiger partial charge in [-0.2, -0.15) is 5.11 Å². The summed E-state index contributed by atoms with van der Waals surface area (Å²) in [5.74, 6) is 0. The van der Waals surface area contributed by atoms with E-state index in [0.717, 1.165) is 6.21 Å². The lowest BCUT2D eigenvalue weighted by Crippen LogP contribution is -1.69. The van der Waals surface area contributed by atoms with Crippen LogP contribution in [0.2, 0.25) is 0 Å². The number of allylic oxidation sites excluding steroid dienone is 1. The van der Waals surface area contributed by atoms with E-state index < -0.39 is 0 Å². The zero-order chi connectivity index (χ0) is 5.70. The van der Waals surface area contributed by atoms with E-state index in [1.165, 1.54) is 6.20 Å². The first-order valence-corrected chi connectivity index (χ1v) is 1.85. The van der Waals surface area contributed by atoms with Gasteiger partial charge in [-0.25, -0.2) is 5.53 Å². The maximum absolute atomic E-state index is 6.58. The minimum atomic E-state index is 0.690. The second kappa shape index (κ2) is 3.21. The Morgan fingerprint density at radius 2 is 2.29 bits per heavy atom. The second-order valence-electron chi connectivity index (χ2n) is 1.15. The van der Waals surface area contributed by atoms with Crippen molar-refractivity contribution in [2.45, 2.75) is 6.92 Å². The van der Waals surface area contributed by atoms with Gasteiger partial charge in [-0.15, -0.1) is 0 Å². The summed E-state index contributed by atoms with van der Waals surface area (Å²) >= 11 is 0. The van der Waals surface area contributed by atoms with E-state index in [1.807, 2.05) is 0 Å². The van der Waals surface area contributed by atoms with Gasteiger partial charge in [0.15, 0.2) is 0 Å². The Labute approximate surface area is 42.1 Å². The molecule has 0 heterocycles. The van der Waals surface area contributed by atoms with Gasteiger partial charge in [0.05, 0.1) is 6.20 Å². The van der Waals surface area contributed by atoms with E-state index in [-0.39, 0.29) is 0 Å². The molecular formula is C4H7N3. The highest BCUT2D eigenvalue weighted by Crippen LogP contribution is 1.83. The van der Waals surface area contributed by atoms with Crippen LogP contribution in [0.15, 0.2) is 16.9 Å². The van der Waals surface area contributed by atoms with E-state index >= 15 is 0 Å². The molecule has 0 amide bonds. The van der Waals surface area contributed by atoms with Crippen molar-refractivity contribution in [2.24, 2.45) is 5.11 Å². The smallest absolute Gasteiger partial charge is 0.0533 e. The lowest BCUT2D eigenvalue weighted by molar-refractivity contribution is 1.13. The Hall–Kier alpha value is -0.990. The van der Waals surface area contributed by atoms with Crippen LogP contribution >= 0.6 is 0 Å². The fraction of sp³-hybridized carbons (Fsp3) is 0.250. The molecule has 0 saturated heterocycles. The second-order valence-corrected chi connectivity index (χ2v) is 1.15. The van der Waals surface area contributed by atoms with Gasteiger partial charge < -0.3 is 5.41 Å². The van der Waals surface area contributed by atoms with Gasteiger partial charge in [0.25, 0.3) is 0 Å². The monoisotopic (exact) mass is 97.1 g/mol. The zero-order valence-electron chi connectivity index (χ0n) is 4.10. The molecular weight excluding hydrogens is 90.1 g/mol. The van der Waals surface area contributed by atoms with Crippen LogP contribution in [-0.4, -0.2) is 6.21 Å². The zero-order valence-corrected chi connectivity index (χ0v) is 4.10. The molecule has 0 aromatic rings. The summed E-state index contributed by atoms with van der Waals surface area (Å²) in [6.45, 7) is 1.71. The molecule has 2 N–H and O–H groups in total. The van der Waals surface area contributed by atoms with Crippen LogP contribution in [0.1, 0.15) is 6.92 Å². The summed E-state index contributed by atoms with van der Waals surface area (Å²) in [7, 11) is 0. The van der Waals surface area contributed by atoms with Crippen LogP contribution in [0.25, 0.3) is 0 Å². The van der Waals surface area contributed by atoms with Crippen molar-refractivity contribution in [2.75, 3.05) is 0 Å². The predicted molar refractivity (Wildman–Crippen MR) is 27.7 cm³/mol. The molecule has 0 atom stereocenters. The highest BCUT2D eigenvalue weighted by Gasteiger charge is 1.72. The van der Waals surface area contributed by atoms with Gasteiger partial charge in [0, 0.05) is 6.21 Å². The lowest BCUT2D eigenvalue weighted by atomic mass is 10.4. The summed E-state index contributed by atoms with van der Waals surface area (Å²) < 4.78 is 0. The van der Waals surface area contributed by atoms with Crippen LogP contribution in [0.5, 0.6) is 0 Å². The molecule has 0 rings (SSSR count). The van der Waals surface area contributed by atoms with Gasteiger partial charge in [0.2, 0.25) is 0 Å². The van der Waals surface area contributed by atoms with Crippen molar-refractivity contribution in [1.82, 2.24) is 0 Å².